The number of hydrogen-bond acceptors (Lipinski definition) is 2. The van der Waals surface area contributed by atoms with Crippen molar-refractivity contribution in [2.75, 3.05) is 20.1 Å². The first-order valence-corrected chi connectivity index (χ1v) is 5.71. The van der Waals surface area contributed by atoms with Crippen LogP contribution in [0.4, 0.5) is 0 Å². The summed E-state index contributed by atoms with van der Waals surface area (Å²) in [6.45, 7) is 6.89. The number of nitrogens with zero attached hydrogens (tertiary/aromatic N) is 1. The quantitative estimate of drug-likeness (QED) is 0.645. The highest BCUT2D eigenvalue weighted by atomic mass is 16.5. The standard InChI is InChI=1S/C11H13NO.C2H6/c1-12-7-11(8-12)10-5-3-2-4-9(10)6-13-11;1-2/h2-5H,6-8H2,1H3;1-2H3. The van der Waals surface area contributed by atoms with Gasteiger partial charge in [0.2, 0.25) is 0 Å². The summed E-state index contributed by atoms with van der Waals surface area (Å²) in [6.07, 6.45) is 0. The summed E-state index contributed by atoms with van der Waals surface area (Å²) < 4.78 is 5.88. The van der Waals surface area contributed by atoms with Crippen molar-refractivity contribution in [3.05, 3.63) is 35.4 Å². The van der Waals surface area contributed by atoms with Gasteiger partial charge < -0.3 is 4.74 Å². The molecule has 2 aliphatic rings. The zero-order valence-electron chi connectivity index (χ0n) is 9.79. The smallest absolute Gasteiger partial charge is 0.119 e. The van der Waals surface area contributed by atoms with E-state index in [1.165, 1.54) is 11.1 Å². The fourth-order valence-corrected chi connectivity index (χ4v) is 2.47. The minimum absolute atomic E-state index is 0.0470. The summed E-state index contributed by atoms with van der Waals surface area (Å²) in [5.74, 6) is 0. The molecule has 0 amide bonds. The van der Waals surface area contributed by atoms with Gasteiger partial charge in [0.25, 0.3) is 0 Å². The number of likely N-dealkylation sites (N-methyl/N-ethyl adjacent to an activating group) is 1. The Morgan fingerprint density at radius 2 is 1.87 bits per heavy atom. The highest BCUT2D eigenvalue weighted by Crippen LogP contribution is 2.42. The Morgan fingerprint density at radius 3 is 2.53 bits per heavy atom. The van der Waals surface area contributed by atoms with Gasteiger partial charge in [-0.2, -0.15) is 0 Å². The Balaban J connectivity index is 0.000000404. The van der Waals surface area contributed by atoms with Crippen molar-refractivity contribution < 1.29 is 4.74 Å². The normalized spacial score (nSPS) is 21.5. The van der Waals surface area contributed by atoms with Crippen molar-refractivity contribution in [3.63, 3.8) is 0 Å². The van der Waals surface area contributed by atoms with E-state index in [1.807, 2.05) is 13.8 Å². The molecule has 0 aliphatic carbocycles. The lowest BCUT2D eigenvalue weighted by atomic mass is 9.86. The minimum Gasteiger partial charge on any atom is -0.363 e. The third kappa shape index (κ3) is 1.58. The van der Waals surface area contributed by atoms with E-state index in [9.17, 15) is 0 Å². The first-order valence-electron chi connectivity index (χ1n) is 5.71. The summed E-state index contributed by atoms with van der Waals surface area (Å²) in [4.78, 5) is 2.29. The molecule has 0 atom stereocenters. The second kappa shape index (κ2) is 3.95. The van der Waals surface area contributed by atoms with E-state index in [-0.39, 0.29) is 5.60 Å². The predicted molar refractivity (Wildman–Crippen MR) is 61.8 cm³/mol. The predicted octanol–water partition coefficient (Wildman–Crippen LogP) is 2.38. The van der Waals surface area contributed by atoms with E-state index < -0.39 is 0 Å². The molecule has 0 N–H and O–H groups in total. The number of rotatable bonds is 0. The van der Waals surface area contributed by atoms with Crippen LogP contribution in [-0.2, 0) is 16.9 Å². The van der Waals surface area contributed by atoms with Crippen molar-refractivity contribution >= 4 is 0 Å². The zero-order chi connectivity index (χ0) is 10.9. The fraction of sp³-hybridized carbons (Fsp3) is 0.538. The number of ether oxygens (including phenoxy) is 1. The van der Waals surface area contributed by atoms with Gasteiger partial charge in [0.1, 0.15) is 5.60 Å². The van der Waals surface area contributed by atoms with E-state index in [2.05, 4.69) is 36.2 Å². The van der Waals surface area contributed by atoms with Gasteiger partial charge >= 0.3 is 0 Å². The molecule has 1 fully saturated rings. The fourth-order valence-electron chi connectivity index (χ4n) is 2.47. The molecular formula is C13H19NO. The molecule has 1 saturated heterocycles. The van der Waals surface area contributed by atoms with Crippen molar-refractivity contribution in [2.45, 2.75) is 26.1 Å². The number of fused-ring (bicyclic) bond motifs is 2. The monoisotopic (exact) mass is 205 g/mol. The summed E-state index contributed by atoms with van der Waals surface area (Å²) in [5, 5.41) is 0. The summed E-state index contributed by atoms with van der Waals surface area (Å²) >= 11 is 0. The van der Waals surface area contributed by atoms with Crippen LogP contribution in [0.25, 0.3) is 0 Å². The Labute approximate surface area is 91.9 Å². The van der Waals surface area contributed by atoms with E-state index in [4.69, 9.17) is 4.74 Å². The van der Waals surface area contributed by atoms with Gasteiger partial charge in [0.15, 0.2) is 0 Å². The molecule has 2 heterocycles. The van der Waals surface area contributed by atoms with Gasteiger partial charge in [0.05, 0.1) is 6.61 Å². The van der Waals surface area contributed by atoms with E-state index in [0.717, 1.165) is 19.7 Å². The lowest BCUT2D eigenvalue weighted by molar-refractivity contribution is -0.132. The SMILES string of the molecule is CC.CN1CC2(C1)OCc1ccccc12. The largest absolute Gasteiger partial charge is 0.363 e. The minimum atomic E-state index is 0.0470. The number of benzene rings is 1. The van der Waals surface area contributed by atoms with Crippen LogP contribution in [0.3, 0.4) is 0 Å². The van der Waals surface area contributed by atoms with Crippen LogP contribution in [0.2, 0.25) is 0 Å². The van der Waals surface area contributed by atoms with Crippen molar-refractivity contribution in [1.82, 2.24) is 4.90 Å². The van der Waals surface area contributed by atoms with Crippen LogP contribution in [0.15, 0.2) is 24.3 Å². The molecule has 0 unspecified atom stereocenters. The zero-order valence-corrected chi connectivity index (χ0v) is 9.79. The third-order valence-electron chi connectivity index (χ3n) is 3.06. The van der Waals surface area contributed by atoms with E-state index in [0.29, 0.717) is 0 Å². The first-order chi connectivity index (χ1) is 7.30. The van der Waals surface area contributed by atoms with Crippen LogP contribution in [0, 0.1) is 0 Å². The van der Waals surface area contributed by atoms with Gasteiger partial charge in [-0.05, 0) is 18.2 Å². The van der Waals surface area contributed by atoms with Gasteiger partial charge in [-0.25, -0.2) is 0 Å². The Hall–Kier alpha value is -0.860. The first kappa shape index (κ1) is 10.7. The van der Waals surface area contributed by atoms with Gasteiger partial charge in [-0.1, -0.05) is 38.1 Å². The average molecular weight is 205 g/mol. The maximum absolute atomic E-state index is 5.88. The summed E-state index contributed by atoms with van der Waals surface area (Å²) in [5.41, 5.74) is 2.83. The van der Waals surface area contributed by atoms with Crippen LogP contribution < -0.4 is 0 Å². The molecule has 1 aromatic carbocycles. The lowest BCUT2D eigenvalue weighted by Gasteiger charge is -2.45. The van der Waals surface area contributed by atoms with Crippen molar-refractivity contribution in [3.8, 4) is 0 Å². The highest BCUT2D eigenvalue weighted by Gasteiger charge is 2.48. The molecular weight excluding hydrogens is 186 g/mol. The van der Waals surface area contributed by atoms with Gasteiger partial charge in [0, 0.05) is 13.1 Å². The van der Waals surface area contributed by atoms with Crippen LogP contribution in [-0.4, -0.2) is 25.0 Å². The maximum Gasteiger partial charge on any atom is 0.119 e. The average Bonchev–Trinajstić information content (AvgIpc) is 2.61. The molecule has 82 valence electrons. The topological polar surface area (TPSA) is 12.5 Å². The summed E-state index contributed by atoms with van der Waals surface area (Å²) in [7, 11) is 2.13. The van der Waals surface area contributed by atoms with Gasteiger partial charge in [-0.15, -0.1) is 0 Å². The van der Waals surface area contributed by atoms with Crippen LogP contribution in [0.1, 0.15) is 25.0 Å². The molecule has 1 aromatic rings. The summed E-state index contributed by atoms with van der Waals surface area (Å²) in [6, 6.07) is 8.56. The lowest BCUT2D eigenvalue weighted by Crippen LogP contribution is -2.57. The van der Waals surface area contributed by atoms with Gasteiger partial charge in [-0.3, -0.25) is 4.90 Å². The molecule has 0 saturated carbocycles. The Bertz CT molecular complexity index is 337. The van der Waals surface area contributed by atoms with Crippen LogP contribution >= 0.6 is 0 Å². The molecule has 0 radical (unpaired) electrons. The Morgan fingerprint density at radius 1 is 1.20 bits per heavy atom. The molecule has 0 bridgehead atoms. The Kier molecular flexibility index (Phi) is 2.81. The number of likely N-dealkylation sites (tertiary alicyclic amines) is 1. The number of hydrogen-bond donors (Lipinski definition) is 0. The molecule has 2 aliphatic heterocycles. The molecule has 0 aromatic heterocycles. The van der Waals surface area contributed by atoms with E-state index in [1.54, 1.807) is 0 Å². The second-order valence-corrected chi connectivity index (χ2v) is 4.11. The molecule has 3 rings (SSSR count). The van der Waals surface area contributed by atoms with Crippen molar-refractivity contribution in [1.29, 1.82) is 0 Å². The molecule has 15 heavy (non-hydrogen) atoms. The molecule has 1 spiro atoms. The maximum atomic E-state index is 5.88. The van der Waals surface area contributed by atoms with E-state index >= 15 is 0 Å². The third-order valence-corrected chi connectivity index (χ3v) is 3.06. The molecule has 2 nitrogen and oxygen atoms in total. The molecule has 2 heteroatoms. The van der Waals surface area contributed by atoms with Crippen molar-refractivity contribution in [2.24, 2.45) is 0 Å². The highest BCUT2D eigenvalue weighted by molar-refractivity contribution is 5.37. The van der Waals surface area contributed by atoms with Crippen LogP contribution in [0.5, 0.6) is 0 Å². The second-order valence-electron chi connectivity index (χ2n) is 4.11.